The summed E-state index contributed by atoms with van der Waals surface area (Å²) in [5, 5.41) is 19.0. The number of hydrogen-bond donors (Lipinski definition) is 2. The van der Waals surface area contributed by atoms with Crippen molar-refractivity contribution in [3.05, 3.63) is 70.8 Å². The number of cyclic esters (lactones) is 2. The zero-order valence-corrected chi connectivity index (χ0v) is 15.5. The molecule has 150 valence electrons. The fraction of sp³-hybridized carbons (Fsp3) is 0.364. The van der Waals surface area contributed by atoms with E-state index < -0.39 is 35.0 Å². The van der Waals surface area contributed by atoms with Gasteiger partial charge in [-0.3, -0.25) is 9.59 Å². The third-order valence-corrected chi connectivity index (χ3v) is 6.22. The fourth-order valence-electron chi connectivity index (χ4n) is 5.43. The third-order valence-electron chi connectivity index (χ3n) is 6.22. The van der Waals surface area contributed by atoms with Crippen LogP contribution in [0, 0.1) is 11.8 Å². The molecule has 1 fully saturated rings. The molecule has 2 N–H and O–H groups in total. The van der Waals surface area contributed by atoms with Crippen LogP contribution in [0.15, 0.2) is 48.5 Å². The topological polar surface area (TPSA) is 102 Å². The molecule has 0 amide bonds. The lowest BCUT2D eigenvalue weighted by atomic mass is 9.50. The first kappa shape index (κ1) is 18.4. The molecule has 2 atom stereocenters. The van der Waals surface area contributed by atoms with Crippen molar-refractivity contribution < 1.29 is 34.0 Å². The number of aliphatic hydroxyl groups excluding tert-OH is 2. The van der Waals surface area contributed by atoms with E-state index in [2.05, 4.69) is 0 Å². The quantitative estimate of drug-likeness (QED) is 0.551. The summed E-state index contributed by atoms with van der Waals surface area (Å²) in [6.07, 6.45) is 0. The number of ether oxygens (including phenoxy) is 3. The molecule has 2 aromatic carbocycles. The summed E-state index contributed by atoms with van der Waals surface area (Å²) in [6.45, 7) is -0.507. The molecule has 0 spiro atoms. The Labute approximate surface area is 166 Å². The molecular weight excluding hydrogens is 376 g/mol. The van der Waals surface area contributed by atoms with Gasteiger partial charge in [0, 0.05) is 0 Å². The predicted molar refractivity (Wildman–Crippen MR) is 98.6 cm³/mol. The van der Waals surface area contributed by atoms with E-state index in [4.69, 9.17) is 14.2 Å². The van der Waals surface area contributed by atoms with Crippen molar-refractivity contribution in [2.75, 3.05) is 26.4 Å². The molecule has 0 saturated carbocycles. The van der Waals surface area contributed by atoms with Crippen LogP contribution in [0.3, 0.4) is 0 Å². The second kappa shape index (κ2) is 6.47. The van der Waals surface area contributed by atoms with Gasteiger partial charge in [0.25, 0.3) is 0 Å². The van der Waals surface area contributed by atoms with Crippen LogP contribution in [0.2, 0.25) is 0 Å². The van der Waals surface area contributed by atoms with Crippen molar-refractivity contribution >= 4 is 11.9 Å². The van der Waals surface area contributed by atoms with Gasteiger partial charge in [-0.05, 0) is 22.3 Å². The molecule has 7 heteroatoms. The van der Waals surface area contributed by atoms with E-state index in [-0.39, 0.29) is 26.4 Å². The number of benzene rings is 2. The molecule has 0 radical (unpaired) electrons. The van der Waals surface area contributed by atoms with Gasteiger partial charge in [-0.2, -0.15) is 0 Å². The normalized spacial score (nSPS) is 31.2. The Bertz CT molecular complexity index is 873. The Hall–Kier alpha value is -2.58. The Morgan fingerprint density at radius 1 is 0.724 bits per heavy atom. The molecule has 2 unspecified atom stereocenters. The van der Waals surface area contributed by atoms with Crippen molar-refractivity contribution in [1.82, 2.24) is 0 Å². The van der Waals surface area contributed by atoms with Gasteiger partial charge in [0.1, 0.15) is 23.0 Å². The number of carbonyl (C=O) groups is 2. The Balaban J connectivity index is 1.91. The highest BCUT2D eigenvalue weighted by molar-refractivity contribution is 6.01. The van der Waals surface area contributed by atoms with Crippen LogP contribution < -0.4 is 0 Å². The summed E-state index contributed by atoms with van der Waals surface area (Å²) in [5.41, 5.74) is 0.287. The van der Waals surface area contributed by atoms with Crippen molar-refractivity contribution in [3.63, 3.8) is 0 Å². The van der Waals surface area contributed by atoms with Gasteiger partial charge in [0.05, 0.1) is 26.4 Å². The lowest BCUT2D eigenvalue weighted by Crippen LogP contribution is -2.63. The minimum absolute atomic E-state index is 0.0160. The Morgan fingerprint density at radius 2 is 1.07 bits per heavy atom. The summed E-state index contributed by atoms with van der Waals surface area (Å²) in [6, 6.07) is 14.8. The molecular formula is C22H20O7. The van der Waals surface area contributed by atoms with Gasteiger partial charge in [0.2, 0.25) is 0 Å². The number of esters is 2. The van der Waals surface area contributed by atoms with Crippen molar-refractivity contribution in [1.29, 1.82) is 0 Å². The van der Waals surface area contributed by atoms with Crippen LogP contribution in [-0.2, 0) is 35.0 Å². The van der Waals surface area contributed by atoms with Gasteiger partial charge in [-0.15, -0.1) is 0 Å². The molecule has 2 bridgehead atoms. The summed E-state index contributed by atoms with van der Waals surface area (Å²) in [5.74, 6) is -3.24. The maximum absolute atomic E-state index is 12.9. The predicted octanol–water partition coefficient (Wildman–Crippen LogP) is 0.834. The molecule has 29 heavy (non-hydrogen) atoms. The highest BCUT2D eigenvalue weighted by Crippen LogP contribution is 2.67. The summed E-state index contributed by atoms with van der Waals surface area (Å²) < 4.78 is 17.6. The first-order chi connectivity index (χ1) is 14.1. The first-order valence-corrected chi connectivity index (χ1v) is 9.58. The zero-order valence-electron chi connectivity index (χ0n) is 15.5. The molecule has 1 saturated heterocycles. The van der Waals surface area contributed by atoms with Crippen molar-refractivity contribution in [3.8, 4) is 0 Å². The van der Waals surface area contributed by atoms with Crippen molar-refractivity contribution in [2.24, 2.45) is 11.8 Å². The average molecular weight is 396 g/mol. The minimum atomic E-state index is -1.27. The highest BCUT2D eigenvalue weighted by Gasteiger charge is 2.74. The van der Waals surface area contributed by atoms with Gasteiger partial charge in [-0.1, -0.05) is 48.5 Å². The van der Waals surface area contributed by atoms with Gasteiger partial charge in [-0.25, -0.2) is 0 Å². The van der Waals surface area contributed by atoms with Crippen LogP contribution in [0.1, 0.15) is 22.3 Å². The average Bonchev–Trinajstić information content (AvgIpc) is 3.07. The Kier molecular flexibility index (Phi) is 4.11. The smallest absolute Gasteiger partial charge is 0.321 e. The number of rotatable bonds is 6. The SMILES string of the molecule is O=C1OC(=O)C2C1C1(OCCO)c3ccccc3C2(OCCO)c2ccccc21. The number of hydrogen-bond acceptors (Lipinski definition) is 7. The van der Waals surface area contributed by atoms with Crippen LogP contribution >= 0.6 is 0 Å². The van der Waals surface area contributed by atoms with E-state index in [0.717, 1.165) is 0 Å². The summed E-state index contributed by atoms with van der Waals surface area (Å²) in [7, 11) is 0. The van der Waals surface area contributed by atoms with E-state index in [1.807, 2.05) is 48.5 Å². The fourth-order valence-corrected chi connectivity index (χ4v) is 5.43. The van der Waals surface area contributed by atoms with Crippen LogP contribution in [-0.4, -0.2) is 48.6 Å². The molecule has 6 rings (SSSR count). The molecule has 4 aliphatic rings. The maximum Gasteiger partial charge on any atom is 0.321 e. The molecule has 0 aromatic heterocycles. The minimum Gasteiger partial charge on any atom is -0.394 e. The van der Waals surface area contributed by atoms with E-state index in [9.17, 15) is 19.8 Å². The van der Waals surface area contributed by atoms with Gasteiger partial charge >= 0.3 is 11.9 Å². The lowest BCUT2D eigenvalue weighted by Gasteiger charge is -2.58. The maximum atomic E-state index is 12.9. The second-order valence-electron chi connectivity index (χ2n) is 7.40. The van der Waals surface area contributed by atoms with Gasteiger partial charge in [0.15, 0.2) is 0 Å². The largest absolute Gasteiger partial charge is 0.394 e. The summed E-state index contributed by atoms with van der Waals surface area (Å²) >= 11 is 0. The zero-order chi connectivity index (χ0) is 20.2. The molecule has 3 aliphatic carbocycles. The number of aliphatic hydroxyl groups is 2. The molecule has 7 nitrogen and oxygen atoms in total. The Morgan fingerprint density at radius 3 is 1.38 bits per heavy atom. The van der Waals surface area contributed by atoms with Crippen LogP contribution in [0.25, 0.3) is 0 Å². The monoisotopic (exact) mass is 396 g/mol. The van der Waals surface area contributed by atoms with Crippen LogP contribution in [0.4, 0.5) is 0 Å². The number of carbonyl (C=O) groups excluding carboxylic acids is 2. The highest BCUT2D eigenvalue weighted by atomic mass is 16.6. The van der Waals surface area contributed by atoms with Gasteiger partial charge < -0.3 is 24.4 Å². The lowest BCUT2D eigenvalue weighted by molar-refractivity contribution is -0.180. The summed E-state index contributed by atoms with van der Waals surface area (Å²) in [4.78, 5) is 25.8. The molecule has 1 aliphatic heterocycles. The van der Waals surface area contributed by atoms with E-state index in [0.29, 0.717) is 22.3 Å². The third kappa shape index (κ3) is 2.10. The molecule has 2 aromatic rings. The van der Waals surface area contributed by atoms with E-state index in [1.54, 1.807) is 0 Å². The van der Waals surface area contributed by atoms with E-state index >= 15 is 0 Å². The van der Waals surface area contributed by atoms with E-state index in [1.165, 1.54) is 0 Å². The molecule has 1 heterocycles. The van der Waals surface area contributed by atoms with Crippen LogP contribution in [0.5, 0.6) is 0 Å². The second-order valence-corrected chi connectivity index (χ2v) is 7.40. The standard InChI is InChI=1S/C22H20O7/c23-9-11-27-21-13-5-1-2-6-14(13)22(28-12-10-24,16-8-4-3-7-15(16)21)18-17(21)19(25)29-20(18)26/h1-8,17-18,23-24H,9-12H2. The van der Waals surface area contributed by atoms with Crippen molar-refractivity contribution in [2.45, 2.75) is 11.2 Å². The first-order valence-electron chi connectivity index (χ1n) is 9.58.